The molecule has 2 aliphatic heterocycles. The molecule has 0 saturated carbocycles. The molecular weight excluding hydrogens is 320 g/mol. The summed E-state index contributed by atoms with van der Waals surface area (Å²) in [5, 5.41) is 0. The van der Waals surface area contributed by atoms with Crippen molar-refractivity contribution in [3.63, 3.8) is 0 Å². The summed E-state index contributed by atoms with van der Waals surface area (Å²) in [6.45, 7) is 3.97. The highest BCUT2D eigenvalue weighted by Crippen LogP contribution is 2.22. The molecule has 0 radical (unpaired) electrons. The fourth-order valence-corrected chi connectivity index (χ4v) is 3.57. The molecule has 7 nitrogen and oxygen atoms in total. The SMILES string of the molecule is CC(=O)N1CCCC(Cc2cncc(C(=O)N3CC(C(N)=O)C3)c2)C1. The summed E-state index contributed by atoms with van der Waals surface area (Å²) in [7, 11) is 0. The molecule has 2 aliphatic rings. The first kappa shape index (κ1) is 17.4. The highest BCUT2D eigenvalue weighted by molar-refractivity contribution is 5.95. The molecule has 2 saturated heterocycles. The van der Waals surface area contributed by atoms with Crippen molar-refractivity contribution in [1.29, 1.82) is 0 Å². The number of primary amides is 1. The Morgan fingerprint density at radius 2 is 1.96 bits per heavy atom. The Labute approximate surface area is 147 Å². The Balaban J connectivity index is 1.61. The number of aromatic nitrogens is 1. The average Bonchev–Trinajstić information content (AvgIpc) is 2.53. The number of nitrogens with zero attached hydrogens (tertiary/aromatic N) is 3. The first-order valence-corrected chi connectivity index (χ1v) is 8.72. The van der Waals surface area contributed by atoms with E-state index in [1.807, 2.05) is 11.0 Å². The zero-order valence-corrected chi connectivity index (χ0v) is 14.5. The standard InChI is InChI=1S/C18H24N4O3/c1-12(23)21-4-2-3-13(9-21)5-14-6-15(8-20-7-14)18(25)22-10-16(11-22)17(19)24/h6-8,13,16H,2-5,9-11H2,1H3,(H2,19,24). The Kier molecular flexibility index (Phi) is 5.01. The van der Waals surface area contributed by atoms with Gasteiger partial charge in [-0.25, -0.2) is 0 Å². The molecule has 3 heterocycles. The van der Waals surface area contributed by atoms with Gasteiger partial charge in [0.25, 0.3) is 5.91 Å². The second-order valence-corrected chi connectivity index (χ2v) is 7.07. The molecule has 1 aromatic rings. The number of nitrogens with two attached hydrogens (primary N) is 1. The van der Waals surface area contributed by atoms with Crippen molar-refractivity contribution >= 4 is 17.7 Å². The molecule has 2 fully saturated rings. The maximum absolute atomic E-state index is 12.5. The van der Waals surface area contributed by atoms with E-state index in [0.717, 1.165) is 37.9 Å². The Bertz CT molecular complexity index is 685. The molecule has 0 bridgehead atoms. The van der Waals surface area contributed by atoms with Gasteiger partial charge in [-0.15, -0.1) is 0 Å². The minimum atomic E-state index is -0.358. The van der Waals surface area contributed by atoms with E-state index in [1.165, 1.54) is 0 Å². The smallest absolute Gasteiger partial charge is 0.255 e. The maximum atomic E-state index is 12.5. The van der Waals surface area contributed by atoms with Gasteiger partial charge >= 0.3 is 0 Å². The summed E-state index contributed by atoms with van der Waals surface area (Å²) in [5.74, 6) is -0.189. The van der Waals surface area contributed by atoms with Gasteiger partial charge in [0.2, 0.25) is 11.8 Å². The van der Waals surface area contributed by atoms with E-state index in [2.05, 4.69) is 4.98 Å². The maximum Gasteiger partial charge on any atom is 0.255 e. The lowest BCUT2D eigenvalue weighted by molar-refractivity contribution is -0.130. The van der Waals surface area contributed by atoms with E-state index in [-0.39, 0.29) is 23.6 Å². The number of hydrogen-bond acceptors (Lipinski definition) is 4. The summed E-state index contributed by atoms with van der Waals surface area (Å²) in [6.07, 6.45) is 6.24. The first-order chi connectivity index (χ1) is 11.9. The van der Waals surface area contributed by atoms with Crippen LogP contribution in [0.5, 0.6) is 0 Å². The van der Waals surface area contributed by atoms with Gasteiger partial charge in [0.1, 0.15) is 0 Å². The van der Waals surface area contributed by atoms with Crippen LogP contribution >= 0.6 is 0 Å². The molecule has 134 valence electrons. The number of amides is 3. The van der Waals surface area contributed by atoms with E-state index in [4.69, 9.17) is 5.73 Å². The van der Waals surface area contributed by atoms with Gasteiger partial charge < -0.3 is 15.5 Å². The van der Waals surface area contributed by atoms with Crippen molar-refractivity contribution in [3.8, 4) is 0 Å². The fraction of sp³-hybridized carbons (Fsp3) is 0.556. The zero-order valence-electron chi connectivity index (χ0n) is 14.5. The third-order valence-electron chi connectivity index (χ3n) is 5.10. The molecule has 7 heteroatoms. The van der Waals surface area contributed by atoms with Gasteiger partial charge in [-0.05, 0) is 36.8 Å². The van der Waals surface area contributed by atoms with Gasteiger partial charge in [-0.1, -0.05) is 0 Å². The predicted molar refractivity (Wildman–Crippen MR) is 91.5 cm³/mol. The van der Waals surface area contributed by atoms with E-state index in [9.17, 15) is 14.4 Å². The number of carbonyl (C=O) groups excluding carboxylic acids is 3. The highest BCUT2D eigenvalue weighted by Gasteiger charge is 2.34. The molecule has 0 aliphatic carbocycles. The molecule has 1 aromatic heterocycles. The largest absolute Gasteiger partial charge is 0.369 e. The van der Waals surface area contributed by atoms with Crippen molar-refractivity contribution in [2.24, 2.45) is 17.6 Å². The molecule has 2 N–H and O–H groups in total. The van der Waals surface area contributed by atoms with Gasteiger partial charge in [0.05, 0.1) is 11.5 Å². The van der Waals surface area contributed by atoms with Crippen LogP contribution in [0.1, 0.15) is 35.7 Å². The van der Waals surface area contributed by atoms with Gasteiger partial charge in [0.15, 0.2) is 0 Å². The summed E-state index contributed by atoms with van der Waals surface area (Å²) in [5.41, 5.74) is 6.79. The molecular formula is C18H24N4O3. The quantitative estimate of drug-likeness (QED) is 0.857. The van der Waals surface area contributed by atoms with E-state index in [0.29, 0.717) is 24.6 Å². The van der Waals surface area contributed by atoms with Gasteiger partial charge in [0, 0.05) is 45.5 Å². The number of piperidine rings is 1. The second kappa shape index (κ2) is 7.21. The number of pyridine rings is 1. The topological polar surface area (TPSA) is 96.6 Å². The molecule has 3 rings (SSSR count). The first-order valence-electron chi connectivity index (χ1n) is 8.72. The number of likely N-dealkylation sites (tertiary alicyclic amines) is 2. The minimum Gasteiger partial charge on any atom is -0.369 e. The van der Waals surface area contributed by atoms with Gasteiger partial charge in [-0.3, -0.25) is 19.4 Å². The van der Waals surface area contributed by atoms with Crippen LogP contribution in [0.4, 0.5) is 0 Å². The van der Waals surface area contributed by atoms with Crippen LogP contribution in [0.25, 0.3) is 0 Å². The minimum absolute atomic E-state index is 0.110. The van der Waals surface area contributed by atoms with Crippen LogP contribution in [0.2, 0.25) is 0 Å². The molecule has 1 unspecified atom stereocenters. The Morgan fingerprint density at radius 1 is 1.20 bits per heavy atom. The third-order valence-corrected chi connectivity index (χ3v) is 5.10. The monoisotopic (exact) mass is 344 g/mol. The zero-order chi connectivity index (χ0) is 18.0. The van der Waals surface area contributed by atoms with Crippen molar-refractivity contribution in [2.45, 2.75) is 26.2 Å². The molecule has 0 spiro atoms. The number of hydrogen-bond donors (Lipinski definition) is 1. The van der Waals surface area contributed by atoms with Gasteiger partial charge in [-0.2, -0.15) is 0 Å². The average molecular weight is 344 g/mol. The van der Waals surface area contributed by atoms with Crippen molar-refractivity contribution < 1.29 is 14.4 Å². The van der Waals surface area contributed by atoms with Crippen molar-refractivity contribution in [2.75, 3.05) is 26.2 Å². The number of carbonyl (C=O) groups is 3. The summed E-state index contributed by atoms with van der Waals surface area (Å²) in [6, 6.07) is 1.87. The van der Waals surface area contributed by atoms with E-state index < -0.39 is 0 Å². The van der Waals surface area contributed by atoms with Crippen LogP contribution in [0.3, 0.4) is 0 Å². The van der Waals surface area contributed by atoms with Crippen LogP contribution in [0.15, 0.2) is 18.5 Å². The third kappa shape index (κ3) is 3.97. The Morgan fingerprint density at radius 3 is 2.64 bits per heavy atom. The summed E-state index contributed by atoms with van der Waals surface area (Å²) >= 11 is 0. The summed E-state index contributed by atoms with van der Waals surface area (Å²) < 4.78 is 0. The molecule has 25 heavy (non-hydrogen) atoms. The van der Waals surface area contributed by atoms with Crippen molar-refractivity contribution in [1.82, 2.24) is 14.8 Å². The summed E-state index contributed by atoms with van der Waals surface area (Å²) in [4.78, 5) is 42.8. The fourth-order valence-electron chi connectivity index (χ4n) is 3.57. The normalized spacial score (nSPS) is 20.9. The lowest BCUT2D eigenvalue weighted by Crippen LogP contribution is -2.54. The van der Waals surface area contributed by atoms with Crippen molar-refractivity contribution in [3.05, 3.63) is 29.6 Å². The van der Waals surface area contributed by atoms with Crippen LogP contribution in [-0.2, 0) is 16.0 Å². The highest BCUT2D eigenvalue weighted by atomic mass is 16.2. The van der Waals surface area contributed by atoms with E-state index >= 15 is 0 Å². The number of rotatable bonds is 4. The lowest BCUT2D eigenvalue weighted by Gasteiger charge is -2.37. The Hall–Kier alpha value is -2.44. The lowest BCUT2D eigenvalue weighted by atomic mass is 9.91. The molecule has 1 atom stereocenters. The second-order valence-electron chi connectivity index (χ2n) is 7.07. The molecule has 0 aromatic carbocycles. The van der Waals surface area contributed by atoms with Crippen LogP contribution in [-0.4, -0.2) is 58.7 Å². The van der Waals surface area contributed by atoms with Crippen LogP contribution < -0.4 is 5.73 Å². The van der Waals surface area contributed by atoms with E-state index in [1.54, 1.807) is 24.2 Å². The predicted octanol–water partition coefficient (Wildman–Crippen LogP) is 0.440. The van der Waals surface area contributed by atoms with Crippen LogP contribution in [0, 0.1) is 11.8 Å². The molecule has 3 amide bonds.